The van der Waals surface area contributed by atoms with E-state index in [1.807, 2.05) is 0 Å². The van der Waals surface area contributed by atoms with Crippen LogP contribution in [0.25, 0.3) is 0 Å². The van der Waals surface area contributed by atoms with Crippen molar-refractivity contribution in [3.63, 3.8) is 0 Å². The van der Waals surface area contributed by atoms with Crippen LogP contribution in [0, 0.1) is 5.92 Å². The molecule has 1 aliphatic heterocycles. The minimum atomic E-state index is 0.621. The molecule has 18 heavy (non-hydrogen) atoms. The zero-order valence-corrected chi connectivity index (χ0v) is 13.3. The van der Waals surface area contributed by atoms with E-state index in [2.05, 4.69) is 56.6 Å². The van der Waals surface area contributed by atoms with E-state index in [1.165, 1.54) is 39.0 Å². The molecule has 1 saturated heterocycles. The summed E-state index contributed by atoms with van der Waals surface area (Å²) in [7, 11) is 6.61. The van der Waals surface area contributed by atoms with Gasteiger partial charge in [-0.15, -0.1) is 0 Å². The Morgan fingerprint density at radius 1 is 1.11 bits per heavy atom. The predicted molar refractivity (Wildman–Crippen MR) is 80.1 cm³/mol. The molecule has 0 aromatic rings. The number of piperidine rings is 1. The molecule has 2 unspecified atom stereocenters. The first kappa shape index (κ1) is 15.9. The van der Waals surface area contributed by atoms with Crippen molar-refractivity contribution in [1.82, 2.24) is 14.7 Å². The molecule has 0 aromatic carbocycles. The molecule has 3 nitrogen and oxygen atoms in total. The molecule has 1 fully saturated rings. The summed E-state index contributed by atoms with van der Waals surface area (Å²) in [6.45, 7) is 12.0. The van der Waals surface area contributed by atoms with Crippen molar-refractivity contribution in [1.29, 1.82) is 0 Å². The second kappa shape index (κ2) is 7.46. The van der Waals surface area contributed by atoms with Crippen LogP contribution >= 0.6 is 0 Å². The Balaban J connectivity index is 2.46. The fourth-order valence-corrected chi connectivity index (χ4v) is 2.90. The molecule has 1 rings (SSSR count). The van der Waals surface area contributed by atoms with Crippen molar-refractivity contribution in [3.8, 4) is 0 Å². The van der Waals surface area contributed by atoms with Gasteiger partial charge in [-0.3, -0.25) is 4.90 Å². The normalized spacial score (nSPS) is 22.7. The monoisotopic (exact) mass is 255 g/mol. The van der Waals surface area contributed by atoms with Crippen molar-refractivity contribution in [2.75, 3.05) is 47.3 Å². The van der Waals surface area contributed by atoms with E-state index in [0.29, 0.717) is 12.1 Å². The summed E-state index contributed by atoms with van der Waals surface area (Å²) < 4.78 is 0. The average Bonchev–Trinajstić information content (AvgIpc) is 2.36. The zero-order valence-electron chi connectivity index (χ0n) is 13.3. The quantitative estimate of drug-likeness (QED) is 0.719. The van der Waals surface area contributed by atoms with E-state index in [0.717, 1.165) is 5.92 Å². The first-order chi connectivity index (χ1) is 8.45. The van der Waals surface area contributed by atoms with E-state index in [-0.39, 0.29) is 0 Å². The predicted octanol–water partition coefficient (Wildman–Crippen LogP) is 1.99. The zero-order chi connectivity index (χ0) is 13.7. The average molecular weight is 255 g/mol. The van der Waals surface area contributed by atoms with Crippen LogP contribution in [-0.2, 0) is 0 Å². The number of likely N-dealkylation sites (tertiary alicyclic amines) is 1. The van der Waals surface area contributed by atoms with Crippen molar-refractivity contribution >= 4 is 0 Å². The van der Waals surface area contributed by atoms with Gasteiger partial charge in [0.2, 0.25) is 0 Å². The van der Waals surface area contributed by atoms with E-state index in [1.54, 1.807) is 0 Å². The summed E-state index contributed by atoms with van der Waals surface area (Å²) in [6.07, 6.45) is 2.74. The Hall–Kier alpha value is -0.120. The second-order valence-corrected chi connectivity index (χ2v) is 6.28. The van der Waals surface area contributed by atoms with Gasteiger partial charge in [-0.05, 0) is 73.4 Å². The topological polar surface area (TPSA) is 9.72 Å². The highest BCUT2D eigenvalue weighted by Gasteiger charge is 2.24. The Morgan fingerprint density at radius 3 is 2.11 bits per heavy atom. The van der Waals surface area contributed by atoms with Crippen LogP contribution in [0.3, 0.4) is 0 Å². The van der Waals surface area contributed by atoms with Crippen molar-refractivity contribution in [2.24, 2.45) is 5.92 Å². The maximum atomic E-state index is 2.67. The highest BCUT2D eigenvalue weighted by molar-refractivity contribution is 4.80. The summed E-state index contributed by atoms with van der Waals surface area (Å²) in [5, 5.41) is 0. The van der Waals surface area contributed by atoms with Crippen LogP contribution in [0.15, 0.2) is 0 Å². The number of rotatable bonds is 6. The van der Waals surface area contributed by atoms with E-state index in [9.17, 15) is 0 Å². The van der Waals surface area contributed by atoms with Crippen molar-refractivity contribution in [3.05, 3.63) is 0 Å². The van der Waals surface area contributed by atoms with Gasteiger partial charge in [0.1, 0.15) is 0 Å². The van der Waals surface area contributed by atoms with Crippen LogP contribution < -0.4 is 0 Å². The van der Waals surface area contributed by atoms with Gasteiger partial charge in [-0.2, -0.15) is 0 Å². The molecule has 0 radical (unpaired) electrons. The molecule has 1 heterocycles. The Bertz CT molecular complexity index is 222. The highest BCUT2D eigenvalue weighted by atomic mass is 15.2. The molecular weight excluding hydrogens is 222 g/mol. The lowest BCUT2D eigenvalue weighted by molar-refractivity contribution is 0.0963. The van der Waals surface area contributed by atoms with Crippen LogP contribution in [0.5, 0.6) is 0 Å². The summed E-state index contributed by atoms with van der Waals surface area (Å²) in [4.78, 5) is 7.46. The number of likely N-dealkylation sites (N-methyl/N-ethyl adjacent to an activating group) is 2. The lowest BCUT2D eigenvalue weighted by Gasteiger charge is -2.39. The molecule has 2 atom stereocenters. The third kappa shape index (κ3) is 4.52. The maximum absolute atomic E-state index is 2.67. The molecule has 0 bridgehead atoms. The minimum absolute atomic E-state index is 0.621. The lowest BCUT2D eigenvalue weighted by Crippen LogP contribution is -2.48. The molecular formula is C15H33N3. The maximum Gasteiger partial charge on any atom is 0.0220 e. The van der Waals surface area contributed by atoms with Crippen LogP contribution in [-0.4, -0.2) is 74.1 Å². The third-order valence-corrected chi connectivity index (χ3v) is 4.83. The molecule has 108 valence electrons. The van der Waals surface area contributed by atoms with Gasteiger partial charge in [-0.1, -0.05) is 6.92 Å². The number of hydrogen-bond donors (Lipinski definition) is 0. The van der Waals surface area contributed by atoms with Gasteiger partial charge in [0.15, 0.2) is 0 Å². The van der Waals surface area contributed by atoms with Crippen LogP contribution in [0.1, 0.15) is 33.6 Å². The second-order valence-electron chi connectivity index (χ2n) is 6.28. The van der Waals surface area contributed by atoms with E-state index in [4.69, 9.17) is 0 Å². The molecule has 3 heteroatoms. The standard InChI is InChI=1S/C15H33N3/c1-7-18(14(3)13(2)16(4)5)12-15-8-10-17(6)11-9-15/h13-15H,7-12H2,1-6H3. The van der Waals surface area contributed by atoms with Crippen LogP contribution in [0.4, 0.5) is 0 Å². The fraction of sp³-hybridized carbons (Fsp3) is 1.00. The molecule has 0 saturated carbocycles. The van der Waals surface area contributed by atoms with Crippen LogP contribution in [0.2, 0.25) is 0 Å². The van der Waals surface area contributed by atoms with Gasteiger partial charge in [0, 0.05) is 18.6 Å². The number of hydrogen-bond acceptors (Lipinski definition) is 3. The van der Waals surface area contributed by atoms with Gasteiger partial charge in [0.05, 0.1) is 0 Å². The van der Waals surface area contributed by atoms with Crippen molar-refractivity contribution in [2.45, 2.75) is 45.7 Å². The summed E-state index contributed by atoms with van der Waals surface area (Å²) in [5.41, 5.74) is 0. The summed E-state index contributed by atoms with van der Waals surface area (Å²) >= 11 is 0. The van der Waals surface area contributed by atoms with Gasteiger partial charge in [-0.25, -0.2) is 0 Å². The molecule has 0 spiro atoms. The lowest BCUT2D eigenvalue weighted by atomic mass is 9.95. The third-order valence-electron chi connectivity index (χ3n) is 4.83. The Kier molecular flexibility index (Phi) is 6.61. The molecule has 1 aliphatic rings. The molecule has 0 amide bonds. The first-order valence-electron chi connectivity index (χ1n) is 7.54. The van der Waals surface area contributed by atoms with Gasteiger partial charge >= 0.3 is 0 Å². The molecule has 0 aliphatic carbocycles. The molecule has 0 aromatic heterocycles. The van der Waals surface area contributed by atoms with Gasteiger partial charge in [0.25, 0.3) is 0 Å². The molecule has 0 N–H and O–H groups in total. The first-order valence-corrected chi connectivity index (χ1v) is 7.54. The van der Waals surface area contributed by atoms with E-state index >= 15 is 0 Å². The van der Waals surface area contributed by atoms with Crippen molar-refractivity contribution < 1.29 is 0 Å². The largest absolute Gasteiger partial charge is 0.306 e. The Labute approximate surface area is 114 Å². The smallest absolute Gasteiger partial charge is 0.0220 e. The summed E-state index contributed by atoms with van der Waals surface area (Å²) in [5.74, 6) is 0.901. The van der Waals surface area contributed by atoms with E-state index < -0.39 is 0 Å². The number of nitrogens with zero attached hydrogens (tertiary/aromatic N) is 3. The fourth-order valence-electron chi connectivity index (χ4n) is 2.90. The van der Waals surface area contributed by atoms with Gasteiger partial charge < -0.3 is 9.80 Å². The minimum Gasteiger partial charge on any atom is -0.306 e. The Morgan fingerprint density at radius 2 is 1.67 bits per heavy atom. The highest BCUT2D eigenvalue weighted by Crippen LogP contribution is 2.19. The summed E-state index contributed by atoms with van der Waals surface area (Å²) in [6, 6.07) is 1.26. The SMILES string of the molecule is CCN(CC1CCN(C)CC1)C(C)C(C)N(C)C.